The van der Waals surface area contributed by atoms with E-state index in [1.165, 1.54) is 55.0 Å². The third kappa shape index (κ3) is 8.00. The minimum atomic E-state index is -3.86. The summed E-state index contributed by atoms with van der Waals surface area (Å²) in [5.41, 5.74) is 6.01. The zero-order valence-corrected chi connectivity index (χ0v) is 29.1. The average molecular weight is 701 g/mol. The Morgan fingerprint density at radius 1 is 1.00 bits per heavy atom. The number of nitrogens with two attached hydrogens (primary N) is 1. The van der Waals surface area contributed by atoms with Gasteiger partial charge in [-0.15, -0.1) is 0 Å². The van der Waals surface area contributed by atoms with Crippen LogP contribution in [0.5, 0.6) is 0 Å². The number of nitrogens with one attached hydrogen (secondary N) is 4. The molecule has 4 aromatic rings. The summed E-state index contributed by atoms with van der Waals surface area (Å²) in [5, 5.41) is 8.87. The van der Waals surface area contributed by atoms with Gasteiger partial charge in [-0.25, -0.2) is 32.5 Å². The number of hydrogen-bond donors (Lipinski definition) is 5. The minimum absolute atomic E-state index is 0.00985. The number of halogens is 1. The lowest BCUT2D eigenvalue weighted by Crippen LogP contribution is -2.63. The van der Waals surface area contributed by atoms with Crippen LogP contribution in [0, 0.1) is 16.6 Å². The number of rotatable bonds is 13. The van der Waals surface area contributed by atoms with Crippen molar-refractivity contribution in [3.63, 3.8) is 0 Å². The molecule has 17 heteroatoms. The number of primary amides is 1. The fraction of sp³-hybridized carbons (Fsp3) is 0.333. The summed E-state index contributed by atoms with van der Waals surface area (Å²) in [4.78, 5) is 43.3. The molecule has 2 radical (unpaired) electrons. The van der Waals surface area contributed by atoms with E-state index in [0.29, 0.717) is 17.2 Å². The van der Waals surface area contributed by atoms with Crippen LogP contribution in [0.25, 0.3) is 0 Å². The molecule has 2 amide bonds. The number of likely N-dealkylation sites (N-methyl/N-ethyl adjacent to an activating group) is 1. The molecular formula is C33H38BFN10O4S. The predicted octanol–water partition coefficient (Wildman–Crippen LogP) is 2.75. The van der Waals surface area contributed by atoms with E-state index in [1.54, 1.807) is 11.9 Å². The van der Waals surface area contributed by atoms with E-state index in [0.717, 1.165) is 12.5 Å². The highest BCUT2D eigenvalue weighted by molar-refractivity contribution is 7.89. The number of carbonyl (C=O) groups excluding carboxylic acids is 2. The van der Waals surface area contributed by atoms with Gasteiger partial charge in [-0.1, -0.05) is 33.8 Å². The Morgan fingerprint density at radius 3 is 2.28 bits per heavy atom. The van der Waals surface area contributed by atoms with E-state index in [1.807, 2.05) is 0 Å². The molecule has 5 rings (SSSR count). The van der Waals surface area contributed by atoms with E-state index < -0.39 is 21.7 Å². The molecule has 50 heavy (non-hydrogen) atoms. The Morgan fingerprint density at radius 2 is 1.66 bits per heavy atom. The summed E-state index contributed by atoms with van der Waals surface area (Å²) in [5.74, 6) is -1.48. The molecule has 0 atom stereocenters. The number of aromatic nitrogens is 4. The van der Waals surface area contributed by atoms with Crippen molar-refractivity contribution in [1.82, 2.24) is 30.0 Å². The number of benzene rings is 2. The number of hydrogen-bond acceptors (Lipinski definition) is 11. The Hall–Kier alpha value is -5.16. The molecule has 2 aromatic carbocycles. The summed E-state index contributed by atoms with van der Waals surface area (Å²) in [7, 11) is 3.84. The largest absolute Gasteiger partial charge is 0.365 e. The zero-order valence-electron chi connectivity index (χ0n) is 28.3. The van der Waals surface area contributed by atoms with Crippen molar-refractivity contribution < 1.29 is 22.4 Å². The van der Waals surface area contributed by atoms with Crippen molar-refractivity contribution in [2.45, 2.75) is 45.1 Å². The maximum absolute atomic E-state index is 14.2. The smallest absolute Gasteiger partial charge is 0.254 e. The molecular weight excluding hydrogens is 662 g/mol. The quantitative estimate of drug-likeness (QED) is 0.129. The molecule has 6 N–H and O–H groups in total. The van der Waals surface area contributed by atoms with Crippen LogP contribution in [0.3, 0.4) is 0 Å². The Bertz CT molecular complexity index is 2000. The van der Waals surface area contributed by atoms with Crippen LogP contribution in [0.4, 0.5) is 33.5 Å². The van der Waals surface area contributed by atoms with Gasteiger partial charge in [-0.05, 0) is 59.1 Å². The summed E-state index contributed by atoms with van der Waals surface area (Å²) in [6, 6.07) is 9.88. The standard InChI is InChI=1S/C33H38BFN10O4S/c1-32(2)18-33(3,4)29(32)44-28(47)19-15-38-31(39-16-19)45(5)14-13-40-50(48,49)21-11-9-20(10-12-21)41-30-37-17-22(34)27(43-30)42-24-8-6-7-23(35)25(24)26(36)46/h6-12,15-17,29,40H,13-14,18H2,1-5H3,(H2,36,46)(H,44,47)(H2,37,41,42,43). The zero-order chi connectivity index (χ0) is 36.4. The van der Waals surface area contributed by atoms with Crippen LogP contribution in [-0.4, -0.2) is 74.2 Å². The normalized spacial score (nSPS) is 15.1. The molecule has 0 spiro atoms. The SMILES string of the molecule is [B]c1cnc(Nc2ccc(S(=O)(=O)NCCN(C)c3ncc(C(=O)NC4C(C)(C)CC4(C)C)cn3)cc2)nc1Nc1cccc(F)c1C(N)=O. The monoisotopic (exact) mass is 700 g/mol. The number of carbonyl (C=O) groups is 2. The Kier molecular flexibility index (Phi) is 10.1. The van der Waals surface area contributed by atoms with Crippen LogP contribution in [0.1, 0.15) is 54.8 Å². The van der Waals surface area contributed by atoms with Gasteiger partial charge in [0.2, 0.25) is 21.9 Å². The van der Waals surface area contributed by atoms with E-state index in [-0.39, 0.29) is 69.2 Å². The fourth-order valence-corrected chi connectivity index (χ4v) is 7.50. The van der Waals surface area contributed by atoms with Gasteiger partial charge < -0.3 is 26.6 Å². The number of anilines is 5. The third-order valence-electron chi connectivity index (χ3n) is 8.48. The minimum Gasteiger partial charge on any atom is -0.365 e. The Balaban J connectivity index is 1.14. The molecule has 0 unspecified atom stereocenters. The summed E-state index contributed by atoms with van der Waals surface area (Å²) < 4.78 is 42.7. The molecule has 260 valence electrons. The molecule has 1 saturated carbocycles. The predicted molar refractivity (Wildman–Crippen MR) is 189 cm³/mol. The second-order valence-electron chi connectivity index (χ2n) is 13.5. The topological polar surface area (TPSA) is 197 Å². The van der Waals surface area contributed by atoms with Crippen LogP contribution < -0.4 is 36.8 Å². The van der Waals surface area contributed by atoms with Crippen molar-refractivity contribution in [3.8, 4) is 0 Å². The van der Waals surface area contributed by atoms with E-state index in [2.05, 4.69) is 68.3 Å². The van der Waals surface area contributed by atoms with Crippen LogP contribution in [0.15, 0.2) is 66.0 Å². The highest BCUT2D eigenvalue weighted by Crippen LogP contribution is 2.53. The first kappa shape index (κ1) is 36.1. The molecule has 0 saturated heterocycles. The van der Waals surface area contributed by atoms with Crippen LogP contribution >= 0.6 is 0 Å². The highest BCUT2D eigenvalue weighted by Gasteiger charge is 2.53. The first-order valence-electron chi connectivity index (χ1n) is 15.7. The molecule has 1 aliphatic carbocycles. The van der Waals surface area contributed by atoms with E-state index in [9.17, 15) is 22.4 Å². The van der Waals surface area contributed by atoms with Gasteiger partial charge >= 0.3 is 0 Å². The first-order valence-corrected chi connectivity index (χ1v) is 17.1. The van der Waals surface area contributed by atoms with Gasteiger partial charge in [0.05, 0.1) is 21.7 Å². The average Bonchev–Trinajstić information content (AvgIpc) is 3.04. The molecule has 14 nitrogen and oxygen atoms in total. The Labute approximate surface area is 291 Å². The first-order chi connectivity index (χ1) is 23.5. The molecule has 1 aliphatic rings. The summed E-state index contributed by atoms with van der Waals surface area (Å²) in [6.45, 7) is 8.86. The van der Waals surface area contributed by atoms with Crippen LogP contribution in [0.2, 0.25) is 0 Å². The van der Waals surface area contributed by atoms with Gasteiger partial charge in [0.15, 0.2) is 0 Å². The van der Waals surface area contributed by atoms with Gasteiger partial charge in [-0.2, -0.15) is 4.98 Å². The van der Waals surface area contributed by atoms with Crippen molar-refractivity contribution in [2.24, 2.45) is 16.6 Å². The molecule has 2 heterocycles. The molecule has 0 bridgehead atoms. The van der Waals surface area contributed by atoms with Gasteiger partial charge in [0.1, 0.15) is 19.5 Å². The number of amides is 2. The maximum atomic E-state index is 14.2. The molecule has 1 fully saturated rings. The van der Waals surface area contributed by atoms with Crippen molar-refractivity contribution in [2.75, 3.05) is 35.7 Å². The summed E-state index contributed by atoms with van der Waals surface area (Å²) in [6.07, 6.45) is 5.25. The van der Waals surface area contributed by atoms with Gasteiger partial charge in [-0.3, -0.25) is 9.59 Å². The second-order valence-corrected chi connectivity index (χ2v) is 15.2. The highest BCUT2D eigenvalue weighted by atomic mass is 32.2. The fourth-order valence-electron chi connectivity index (χ4n) is 6.48. The lowest BCUT2D eigenvalue weighted by atomic mass is 9.52. The third-order valence-corrected chi connectivity index (χ3v) is 9.96. The summed E-state index contributed by atoms with van der Waals surface area (Å²) >= 11 is 0. The van der Waals surface area contributed by atoms with Gasteiger partial charge in [0, 0.05) is 50.5 Å². The lowest BCUT2D eigenvalue weighted by molar-refractivity contribution is -0.0366. The van der Waals surface area contributed by atoms with E-state index in [4.69, 9.17) is 13.6 Å². The molecule has 2 aromatic heterocycles. The molecule has 0 aliphatic heterocycles. The van der Waals surface area contributed by atoms with Crippen molar-refractivity contribution >= 4 is 64.2 Å². The van der Waals surface area contributed by atoms with Crippen LogP contribution in [-0.2, 0) is 10.0 Å². The van der Waals surface area contributed by atoms with Crippen molar-refractivity contribution in [1.29, 1.82) is 0 Å². The van der Waals surface area contributed by atoms with E-state index >= 15 is 0 Å². The number of nitrogens with zero attached hydrogens (tertiary/aromatic N) is 5. The van der Waals surface area contributed by atoms with Crippen molar-refractivity contribution in [3.05, 3.63) is 78.0 Å². The second kappa shape index (κ2) is 14.0. The number of sulfonamides is 1. The van der Waals surface area contributed by atoms with Gasteiger partial charge in [0.25, 0.3) is 11.8 Å². The maximum Gasteiger partial charge on any atom is 0.254 e. The lowest BCUT2D eigenvalue weighted by Gasteiger charge is -2.57.